The summed E-state index contributed by atoms with van der Waals surface area (Å²) in [6, 6.07) is 6.46. The number of aromatic hydroxyl groups is 1. The summed E-state index contributed by atoms with van der Waals surface area (Å²) in [6.45, 7) is -0.210. The van der Waals surface area contributed by atoms with Gasteiger partial charge in [-0.1, -0.05) is 18.2 Å². The molecule has 0 unspecified atom stereocenters. The molecule has 0 atom stereocenters. The molecular weight excluding hydrogens is 196 g/mol. The van der Waals surface area contributed by atoms with E-state index in [2.05, 4.69) is 4.74 Å². The van der Waals surface area contributed by atoms with Gasteiger partial charge in [0.1, 0.15) is 11.3 Å². The number of Topliss-reactive ketones (excluding diaryl/α,β-unsaturated/α-hetero) is 1. The van der Waals surface area contributed by atoms with E-state index in [0.29, 0.717) is 5.56 Å². The molecule has 4 heteroatoms. The number of cyclic esters (lactones) is 1. The van der Waals surface area contributed by atoms with E-state index in [4.69, 9.17) is 0 Å². The summed E-state index contributed by atoms with van der Waals surface area (Å²) >= 11 is 0. The van der Waals surface area contributed by atoms with E-state index in [1.165, 1.54) is 12.1 Å². The Balaban J connectivity index is 2.42. The van der Waals surface area contributed by atoms with E-state index < -0.39 is 5.97 Å². The zero-order chi connectivity index (χ0) is 10.8. The second kappa shape index (κ2) is 3.57. The Hall–Kier alpha value is -2.10. The van der Waals surface area contributed by atoms with Crippen LogP contribution in [0.1, 0.15) is 5.56 Å². The number of esters is 1. The van der Waals surface area contributed by atoms with Crippen LogP contribution < -0.4 is 0 Å². The molecule has 15 heavy (non-hydrogen) atoms. The number of phenols is 1. The van der Waals surface area contributed by atoms with Crippen LogP contribution in [0.5, 0.6) is 5.75 Å². The van der Waals surface area contributed by atoms with Crippen molar-refractivity contribution in [1.29, 1.82) is 0 Å². The van der Waals surface area contributed by atoms with Gasteiger partial charge in [0.05, 0.1) is 0 Å². The van der Waals surface area contributed by atoms with Gasteiger partial charge in [-0.3, -0.25) is 4.79 Å². The van der Waals surface area contributed by atoms with Gasteiger partial charge in [0, 0.05) is 5.56 Å². The third kappa shape index (κ3) is 1.74. The number of ketones is 1. The van der Waals surface area contributed by atoms with Crippen molar-refractivity contribution in [2.45, 2.75) is 0 Å². The lowest BCUT2D eigenvalue weighted by atomic mass is 10.1. The lowest BCUT2D eigenvalue weighted by Gasteiger charge is -1.97. The molecule has 0 aliphatic carbocycles. The van der Waals surface area contributed by atoms with Gasteiger partial charge in [-0.15, -0.1) is 0 Å². The molecule has 1 aromatic rings. The van der Waals surface area contributed by atoms with E-state index in [1.807, 2.05) is 0 Å². The molecule has 0 saturated carbocycles. The maximum Gasteiger partial charge on any atom is 0.342 e. The van der Waals surface area contributed by atoms with Crippen LogP contribution in [0.3, 0.4) is 0 Å². The Morgan fingerprint density at radius 2 is 2.00 bits per heavy atom. The van der Waals surface area contributed by atoms with E-state index in [1.54, 1.807) is 18.2 Å². The van der Waals surface area contributed by atoms with Crippen LogP contribution >= 0.6 is 0 Å². The minimum atomic E-state index is -0.636. The first-order valence-electron chi connectivity index (χ1n) is 4.38. The number of hydrogen-bond donors (Lipinski definition) is 1. The predicted octanol–water partition coefficient (Wildman–Crippen LogP) is 0.902. The zero-order valence-electron chi connectivity index (χ0n) is 7.77. The number of carbonyl (C=O) groups excluding carboxylic acids is 2. The van der Waals surface area contributed by atoms with Crippen LogP contribution in [0, 0.1) is 0 Å². The Morgan fingerprint density at radius 3 is 2.60 bits per heavy atom. The zero-order valence-corrected chi connectivity index (χ0v) is 7.77. The Kier molecular flexibility index (Phi) is 2.25. The molecule has 1 fully saturated rings. The SMILES string of the molecule is O=C1COC(=O)/C1=C/c1ccccc1O. The summed E-state index contributed by atoms with van der Waals surface area (Å²) in [5.41, 5.74) is 0.413. The van der Waals surface area contributed by atoms with Crippen molar-refractivity contribution in [3.63, 3.8) is 0 Å². The van der Waals surface area contributed by atoms with Crippen molar-refractivity contribution in [2.24, 2.45) is 0 Å². The fourth-order valence-corrected chi connectivity index (χ4v) is 1.30. The van der Waals surface area contributed by atoms with Crippen molar-refractivity contribution in [3.05, 3.63) is 35.4 Å². The first-order valence-corrected chi connectivity index (χ1v) is 4.38. The minimum absolute atomic E-state index is 0.0171. The molecule has 0 radical (unpaired) electrons. The summed E-state index contributed by atoms with van der Waals surface area (Å²) in [5.74, 6) is -0.969. The fraction of sp³-hybridized carbons (Fsp3) is 0.0909. The summed E-state index contributed by atoms with van der Waals surface area (Å²) in [7, 11) is 0. The molecule has 1 heterocycles. The number of benzene rings is 1. The Bertz CT molecular complexity index is 441. The average Bonchev–Trinajstić information content (AvgIpc) is 2.53. The molecule has 0 aromatic heterocycles. The molecule has 1 aromatic carbocycles. The van der Waals surface area contributed by atoms with Crippen molar-refractivity contribution >= 4 is 17.8 Å². The second-order valence-corrected chi connectivity index (χ2v) is 3.12. The lowest BCUT2D eigenvalue weighted by molar-refractivity contribution is -0.135. The number of para-hydroxylation sites is 1. The highest BCUT2D eigenvalue weighted by Gasteiger charge is 2.28. The summed E-state index contributed by atoms with van der Waals surface area (Å²) in [4.78, 5) is 22.3. The number of hydrogen-bond acceptors (Lipinski definition) is 4. The quantitative estimate of drug-likeness (QED) is 0.419. The maximum atomic E-state index is 11.2. The number of carbonyl (C=O) groups is 2. The number of ether oxygens (including phenoxy) is 1. The van der Waals surface area contributed by atoms with Gasteiger partial charge in [0.2, 0.25) is 5.78 Å². The van der Waals surface area contributed by atoms with Crippen LogP contribution in [-0.4, -0.2) is 23.5 Å². The molecular formula is C11H8O4. The van der Waals surface area contributed by atoms with Crippen LogP contribution in [0.2, 0.25) is 0 Å². The van der Waals surface area contributed by atoms with Crippen LogP contribution in [-0.2, 0) is 14.3 Å². The normalized spacial score (nSPS) is 18.3. The first-order chi connectivity index (χ1) is 7.18. The molecule has 1 N–H and O–H groups in total. The fourth-order valence-electron chi connectivity index (χ4n) is 1.30. The Morgan fingerprint density at radius 1 is 1.27 bits per heavy atom. The monoisotopic (exact) mass is 204 g/mol. The van der Waals surface area contributed by atoms with Crippen LogP contribution in [0.15, 0.2) is 29.8 Å². The minimum Gasteiger partial charge on any atom is -0.507 e. The lowest BCUT2D eigenvalue weighted by Crippen LogP contribution is -2.00. The van der Waals surface area contributed by atoms with Crippen LogP contribution in [0.4, 0.5) is 0 Å². The average molecular weight is 204 g/mol. The molecule has 0 amide bonds. The van der Waals surface area contributed by atoms with Gasteiger partial charge in [0.25, 0.3) is 0 Å². The van der Waals surface area contributed by atoms with Gasteiger partial charge >= 0.3 is 5.97 Å². The number of phenolic OH excluding ortho intramolecular Hbond substituents is 1. The molecule has 1 saturated heterocycles. The van der Waals surface area contributed by atoms with Gasteiger partial charge in [0.15, 0.2) is 6.61 Å². The van der Waals surface area contributed by atoms with Gasteiger partial charge in [-0.2, -0.15) is 0 Å². The van der Waals surface area contributed by atoms with E-state index in [-0.39, 0.29) is 23.7 Å². The topological polar surface area (TPSA) is 63.6 Å². The first kappa shape index (κ1) is 9.45. The highest BCUT2D eigenvalue weighted by Crippen LogP contribution is 2.21. The van der Waals surface area contributed by atoms with E-state index >= 15 is 0 Å². The maximum absolute atomic E-state index is 11.2. The summed E-state index contributed by atoms with van der Waals surface area (Å²) in [6.07, 6.45) is 1.34. The van der Waals surface area contributed by atoms with Crippen molar-refractivity contribution in [1.82, 2.24) is 0 Å². The molecule has 1 aliphatic rings. The van der Waals surface area contributed by atoms with Gasteiger partial charge in [-0.05, 0) is 12.1 Å². The molecule has 4 nitrogen and oxygen atoms in total. The van der Waals surface area contributed by atoms with Crippen molar-refractivity contribution in [3.8, 4) is 5.75 Å². The molecule has 2 rings (SSSR count). The van der Waals surface area contributed by atoms with Gasteiger partial charge < -0.3 is 9.84 Å². The van der Waals surface area contributed by atoms with Crippen molar-refractivity contribution < 1.29 is 19.4 Å². The highest BCUT2D eigenvalue weighted by molar-refractivity contribution is 6.24. The predicted molar refractivity (Wildman–Crippen MR) is 52.0 cm³/mol. The van der Waals surface area contributed by atoms with E-state index in [0.717, 1.165) is 0 Å². The summed E-state index contributed by atoms with van der Waals surface area (Å²) in [5, 5.41) is 9.44. The van der Waals surface area contributed by atoms with Gasteiger partial charge in [-0.25, -0.2) is 4.79 Å². The van der Waals surface area contributed by atoms with E-state index in [9.17, 15) is 14.7 Å². The highest BCUT2D eigenvalue weighted by atomic mass is 16.5. The molecule has 1 aliphatic heterocycles. The second-order valence-electron chi connectivity index (χ2n) is 3.12. The third-order valence-electron chi connectivity index (χ3n) is 2.09. The van der Waals surface area contributed by atoms with Crippen molar-refractivity contribution in [2.75, 3.05) is 6.61 Å². The Labute approximate surface area is 85.8 Å². The smallest absolute Gasteiger partial charge is 0.342 e. The summed E-state index contributed by atoms with van der Waals surface area (Å²) < 4.78 is 4.55. The van der Waals surface area contributed by atoms with Crippen LogP contribution in [0.25, 0.3) is 6.08 Å². The standard InChI is InChI=1S/C11H8O4/c12-9-4-2-1-3-7(9)5-8-10(13)6-15-11(8)14/h1-5,12H,6H2/b8-5+. The molecule has 0 spiro atoms. The molecule has 0 bridgehead atoms. The number of rotatable bonds is 1. The molecule has 76 valence electrons. The third-order valence-corrected chi connectivity index (χ3v) is 2.09. The largest absolute Gasteiger partial charge is 0.507 e.